The van der Waals surface area contributed by atoms with Gasteiger partial charge in [0.25, 0.3) is 15.0 Å². The molecule has 0 unspecified atom stereocenters. The molecule has 0 spiro atoms. The molecular formula is C12H13BrClNO3S. The van der Waals surface area contributed by atoms with Crippen LogP contribution in [0.25, 0.3) is 0 Å². The van der Waals surface area contributed by atoms with E-state index in [1.54, 1.807) is 11.8 Å². The van der Waals surface area contributed by atoms with Crippen LogP contribution in [0.5, 0.6) is 0 Å². The molecule has 1 aromatic rings. The van der Waals surface area contributed by atoms with Crippen molar-refractivity contribution in [2.45, 2.75) is 24.7 Å². The Labute approximate surface area is 125 Å². The Morgan fingerprint density at radius 1 is 1.32 bits per heavy atom. The fraction of sp³-hybridized carbons (Fsp3) is 0.417. The maximum absolute atomic E-state index is 12.4. The monoisotopic (exact) mass is 365 g/mol. The number of amides is 1. The first-order valence-electron chi connectivity index (χ1n) is 5.85. The van der Waals surface area contributed by atoms with E-state index in [9.17, 15) is 13.2 Å². The van der Waals surface area contributed by atoms with Crippen LogP contribution in [0.3, 0.4) is 0 Å². The first-order chi connectivity index (χ1) is 8.80. The van der Waals surface area contributed by atoms with Gasteiger partial charge in [-0.05, 0) is 37.5 Å². The molecule has 1 aromatic carbocycles. The molecule has 1 aliphatic rings. The van der Waals surface area contributed by atoms with Crippen LogP contribution in [0.2, 0.25) is 0 Å². The quantitative estimate of drug-likeness (QED) is 0.756. The van der Waals surface area contributed by atoms with Gasteiger partial charge in [-0.1, -0.05) is 15.9 Å². The fourth-order valence-electron chi connectivity index (χ4n) is 2.11. The molecule has 0 bridgehead atoms. The molecule has 1 amide bonds. The van der Waals surface area contributed by atoms with E-state index in [-0.39, 0.29) is 10.8 Å². The van der Waals surface area contributed by atoms with Crippen LogP contribution in [-0.4, -0.2) is 32.3 Å². The molecule has 1 aliphatic heterocycles. The first-order valence-corrected chi connectivity index (χ1v) is 8.95. The Balaban J connectivity index is 2.50. The number of likely N-dealkylation sites (tertiary alicyclic amines) is 1. The van der Waals surface area contributed by atoms with E-state index in [0.717, 1.165) is 18.4 Å². The number of benzene rings is 1. The zero-order valence-corrected chi connectivity index (χ0v) is 13.5. The lowest BCUT2D eigenvalue weighted by Gasteiger charge is -2.17. The Kier molecular flexibility index (Phi) is 4.23. The molecule has 1 saturated heterocycles. The van der Waals surface area contributed by atoms with Gasteiger partial charge in [0.2, 0.25) is 0 Å². The van der Waals surface area contributed by atoms with Crippen molar-refractivity contribution in [2.75, 3.05) is 13.1 Å². The van der Waals surface area contributed by atoms with Crippen LogP contribution < -0.4 is 0 Å². The van der Waals surface area contributed by atoms with Crippen molar-refractivity contribution in [3.8, 4) is 0 Å². The van der Waals surface area contributed by atoms with E-state index in [4.69, 9.17) is 10.7 Å². The minimum atomic E-state index is -3.85. The number of hydrogen-bond donors (Lipinski definition) is 0. The van der Waals surface area contributed by atoms with Crippen molar-refractivity contribution in [1.82, 2.24) is 4.90 Å². The number of nitrogens with zero attached hydrogens (tertiary/aromatic N) is 1. The molecule has 0 aromatic heterocycles. The summed E-state index contributed by atoms with van der Waals surface area (Å²) >= 11 is 3.27. The minimum absolute atomic E-state index is 0.0609. The predicted octanol–water partition coefficient (Wildman–Crippen LogP) is 2.92. The molecule has 1 heterocycles. The third-order valence-corrected chi connectivity index (χ3v) is 5.38. The van der Waals surface area contributed by atoms with Crippen LogP contribution in [0.4, 0.5) is 0 Å². The van der Waals surface area contributed by atoms with Gasteiger partial charge < -0.3 is 4.90 Å². The largest absolute Gasteiger partial charge is 0.339 e. The van der Waals surface area contributed by atoms with Gasteiger partial charge in [0, 0.05) is 33.8 Å². The Morgan fingerprint density at radius 2 is 1.89 bits per heavy atom. The van der Waals surface area contributed by atoms with Gasteiger partial charge >= 0.3 is 0 Å². The second kappa shape index (κ2) is 5.42. The summed E-state index contributed by atoms with van der Waals surface area (Å²) in [5, 5.41) is 0. The van der Waals surface area contributed by atoms with Crippen molar-refractivity contribution < 1.29 is 13.2 Å². The highest BCUT2D eigenvalue weighted by Gasteiger charge is 2.24. The Bertz CT molecular complexity index is 624. The molecule has 7 heteroatoms. The van der Waals surface area contributed by atoms with Gasteiger partial charge in [-0.15, -0.1) is 0 Å². The molecule has 2 rings (SSSR count). The average Bonchev–Trinajstić information content (AvgIpc) is 2.83. The number of hydrogen-bond acceptors (Lipinski definition) is 3. The highest BCUT2D eigenvalue weighted by atomic mass is 79.9. The predicted molar refractivity (Wildman–Crippen MR) is 77.1 cm³/mol. The van der Waals surface area contributed by atoms with Crippen molar-refractivity contribution in [1.29, 1.82) is 0 Å². The molecule has 0 atom stereocenters. The van der Waals surface area contributed by atoms with E-state index in [0.29, 0.717) is 23.1 Å². The van der Waals surface area contributed by atoms with Gasteiger partial charge in [-0.25, -0.2) is 8.42 Å². The number of halogens is 2. The van der Waals surface area contributed by atoms with Gasteiger partial charge in [-0.2, -0.15) is 0 Å². The molecule has 19 heavy (non-hydrogen) atoms. The summed E-state index contributed by atoms with van der Waals surface area (Å²) in [6.45, 7) is 3.21. The Morgan fingerprint density at radius 3 is 2.42 bits per heavy atom. The molecule has 0 saturated carbocycles. The standard InChI is InChI=1S/C12H13BrClNO3S/c1-8-10(12(16)15-4-2-3-5-15)6-9(7-11(8)13)19(14,17)18/h6-7H,2-5H2,1H3. The van der Waals surface area contributed by atoms with Gasteiger partial charge in [0.05, 0.1) is 4.90 Å². The number of carbonyl (C=O) groups excluding carboxylic acids is 1. The third kappa shape index (κ3) is 3.12. The van der Waals surface area contributed by atoms with Gasteiger partial charge in [0.1, 0.15) is 0 Å². The van der Waals surface area contributed by atoms with E-state index in [1.165, 1.54) is 12.1 Å². The van der Waals surface area contributed by atoms with Crippen molar-refractivity contribution in [3.63, 3.8) is 0 Å². The van der Waals surface area contributed by atoms with E-state index >= 15 is 0 Å². The maximum Gasteiger partial charge on any atom is 0.261 e. The molecular weight excluding hydrogens is 354 g/mol. The molecule has 4 nitrogen and oxygen atoms in total. The SMILES string of the molecule is Cc1c(Br)cc(S(=O)(=O)Cl)cc1C(=O)N1CCCC1. The van der Waals surface area contributed by atoms with E-state index < -0.39 is 9.05 Å². The summed E-state index contributed by atoms with van der Waals surface area (Å²) in [6, 6.07) is 2.77. The molecule has 0 N–H and O–H groups in total. The van der Waals surface area contributed by atoms with Crippen molar-refractivity contribution in [2.24, 2.45) is 0 Å². The first kappa shape index (κ1) is 14.8. The lowest BCUT2D eigenvalue weighted by atomic mass is 10.1. The number of carbonyl (C=O) groups is 1. The second-order valence-electron chi connectivity index (χ2n) is 4.51. The molecule has 0 aliphatic carbocycles. The smallest absolute Gasteiger partial charge is 0.261 e. The average molecular weight is 367 g/mol. The summed E-state index contributed by atoms with van der Waals surface area (Å²) in [6.07, 6.45) is 1.97. The molecule has 1 fully saturated rings. The fourth-order valence-corrected chi connectivity index (χ4v) is 3.50. The van der Waals surface area contributed by atoms with Crippen molar-refractivity contribution in [3.05, 3.63) is 27.7 Å². The minimum Gasteiger partial charge on any atom is -0.339 e. The summed E-state index contributed by atoms with van der Waals surface area (Å²) < 4.78 is 23.4. The van der Waals surface area contributed by atoms with E-state index in [1.807, 2.05) is 0 Å². The van der Waals surface area contributed by atoms with Crippen LogP contribution in [0.1, 0.15) is 28.8 Å². The Hall–Kier alpha value is -0.590. The summed E-state index contributed by atoms with van der Waals surface area (Å²) in [4.78, 5) is 14.0. The zero-order valence-electron chi connectivity index (χ0n) is 10.3. The number of rotatable bonds is 2. The lowest BCUT2D eigenvalue weighted by Crippen LogP contribution is -2.28. The normalized spacial score (nSPS) is 15.8. The topological polar surface area (TPSA) is 54.5 Å². The summed E-state index contributed by atoms with van der Waals surface area (Å²) in [5.41, 5.74) is 1.11. The summed E-state index contributed by atoms with van der Waals surface area (Å²) in [7, 11) is 1.50. The highest BCUT2D eigenvalue weighted by Crippen LogP contribution is 2.28. The van der Waals surface area contributed by atoms with Crippen LogP contribution in [0.15, 0.2) is 21.5 Å². The van der Waals surface area contributed by atoms with Crippen molar-refractivity contribution >= 4 is 41.6 Å². The highest BCUT2D eigenvalue weighted by molar-refractivity contribution is 9.10. The van der Waals surface area contributed by atoms with Gasteiger partial charge in [0.15, 0.2) is 0 Å². The van der Waals surface area contributed by atoms with Crippen LogP contribution in [0, 0.1) is 6.92 Å². The van der Waals surface area contributed by atoms with Crippen LogP contribution >= 0.6 is 26.6 Å². The molecule has 104 valence electrons. The second-order valence-corrected chi connectivity index (χ2v) is 7.94. The summed E-state index contributed by atoms with van der Waals surface area (Å²) in [5.74, 6) is -0.141. The van der Waals surface area contributed by atoms with E-state index in [2.05, 4.69) is 15.9 Å². The maximum atomic E-state index is 12.4. The van der Waals surface area contributed by atoms with Crippen LogP contribution in [-0.2, 0) is 9.05 Å². The van der Waals surface area contributed by atoms with Gasteiger partial charge in [-0.3, -0.25) is 4.79 Å². The zero-order chi connectivity index (χ0) is 14.2. The third-order valence-electron chi connectivity index (χ3n) is 3.22. The molecule has 0 radical (unpaired) electrons. The lowest BCUT2D eigenvalue weighted by molar-refractivity contribution is 0.0792.